The molecule has 0 aromatic carbocycles. The molecule has 0 radical (unpaired) electrons. The average Bonchev–Trinajstić information content (AvgIpc) is 2.81. The Balaban J connectivity index is 2.03. The van der Waals surface area contributed by atoms with E-state index in [4.69, 9.17) is 10.7 Å². The number of nitrogens with one attached hydrogen (secondary N) is 1. The van der Waals surface area contributed by atoms with E-state index in [2.05, 4.69) is 30.1 Å². The van der Waals surface area contributed by atoms with Crippen molar-refractivity contribution >= 4 is 33.1 Å². The maximum Gasteiger partial charge on any atom is 0.263 e. The summed E-state index contributed by atoms with van der Waals surface area (Å²) in [4.78, 5) is 20.7. The standard InChI is InChI=1S/C16H22N4OS/c1-4-18-15(21)14-13(17)11-7-10-8-20(9(2)3)6-5-12(10)19-16(11)22-14/h7,9H,4-6,8,17H2,1-3H3,(H,18,21). The van der Waals surface area contributed by atoms with Crippen LogP contribution in [0.5, 0.6) is 0 Å². The van der Waals surface area contributed by atoms with Crippen LogP contribution in [0.25, 0.3) is 10.2 Å². The summed E-state index contributed by atoms with van der Waals surface area (Å²) in [6, 6.07) is 2.65. The number of nitrogen functional groups attached to an aromatic ring is 1. The number of hydrogen-bond acceptors (Lipinski definition) is 5. The number of pyridine rings is 1. The van der Waals surface area contributed by atoms with Gasteiger partial charge in [0, 0.05) is 43.2 Å². The van der Waals surface area contributed by atoms with E-state index in [0.717, 1.165) is 35.4 Å². The van der Waals surface area contributed by atoms with Crippen molar-refractivity contribution in [3.05, 3.63) is 22.2 Å². The Bertz CT molecular complexity index is 722. The lowest BCUT2D eigenvalue weighted by Gasteiger charge is -2.31. The van der Waals surface area contributed by atoms with Crippen LogP contribution in [-0.2, 0) is 13.0 Å². The molecule has 0 fully saturated rings. The molecule has 1 aliphatic heterocycles. The van der Waals surface area contributed by atoms with Gasteiger partial charge >= 0.3 is 0 Å². The Morgan fingerprint density at radius 3 is 3.00 bits per heavy atom. The molecule has 118 valence electrons. The van der Waals surface area contributed by atoms with Gasteiger partial charge in [0.2, 0.25) is 0 Å². The first kappa shape index (κ1) is 15.2. The average molecular weight is 318 g/mol. The molecule has 3 heterocycles. The molecule has 3 rings (SSSR count). The van der Waals surface area contributed by atoms with Gasteiger partial charge < -0.3 is 11.1 Å². The minimum absolute atomic E-state index is 0.107. The predicted octanol–water partition coefficient (Wildman–Crippen LogP) is 2.39. The summed E-state index contributed by atoms with van der Waals surface area (Å²) in [6.07, 6.45) is 0.956. The van der Waals surface area contributed by atoms with Crippen LogP contribution < -0.4 is 11.1 Å². The van der Waals surface area contributed by atoms with E-state index < -0.39 is 0 Å². The molecule has 5 nitrogen and oxygen atoms in total. The normalized spacial score (nSPS) is 15.3. The molecule has 3 N–H and O–H groups in total. The highest BCUT2D eigenvalue weighted by molar-refractivity contribution is 7.21. The molecule has 1 aliphatic rings. The van der Waals surface area contributed by atoms with Gasteiger partial charge in [-0.2, -0.15) is 0 Å². The van der Waals surface area contributed by atoms with Crippen molar-refractivity contribution in [3.8, 4) is 0 Å². The minimum atomic E-state index is -0.107. The van der Waals surface area contributed by atoms with Crippen LogP contribution in [0, 0.1) is 0 Å². The van der Waals surface area contributed by atoms with E-state index in [1.54, 1.807) is 0 Å². The van der Waals surface area contributed by atoms with Gasteiger partial charge in [-0.1, -0.05) is 0 Å². The highest BCUT2D eigenvalue weighted by Crippen LogP contribution is 2.35. The van der Waals surface area contributed by atoms with Crippen molar-refractivity contribution in [1.82, 2.24) is 15.2 Å². The van der Waals surface area contributed by atoms with Crippen molar-refractivity contribution in [2.75, 3.05) is 18.8 Å². The van der Waals surface area contributed by atoms with E-state index in [9.17, 15) is 4.79 Å². The topological polar surface area (TPSA) is 71.2 Å². The summed E-state index contributed by atoms with van der Waals surface area (Å²) in [5.41, 5.74) is 9.13. The maximum atomic E-state index is 12.1. The van der Waals surface area contributed by atoms with Gasteiger partial charge in [0.05, 0.1) is 5.69 Å². The lowest BCUT2D eigenvalue weighted by molar-refractivity contribution is 0.0960. The Labute approximate surface area is 134 Å². The number of thiophene rings is 1. The summed E-state index contributed by atoms with van der Waals surface area (Å²) in [5, 5.41) is 3.72. The second-order valence-electron chi connectivity index (χ2n) is 5.97. The molecule has 1 amide bonds. The number of anilines is 1. The molecular formula is C16H22N4OS. The number of aromatic nitrogens is 1. The third kappa shape index (κ3) is 2.57. The Kier molecular flexibility index (Phi) is 4.06. The summed E-state index contributed by atoms with van der Waals surface area (Å²) in [5.74, 6) is -0.107. The molecule has 0 bridgehead atoms. The number of hydrogen-bond donors (Lipinski definition) is 2. The van der Waals surface area contributed by atoms with Gasteiger partial charge in [0.15, 0.2) is 0 Å². The highest BCUT2D eigenvalue weighted by atomic mass is 32.1. The van der Waals surface area contributed by atoms with Crippen LogP contribution in [0.4, 0.5) is 5.69 Å². The second-order valence-corrected chi connectivity index (χ2v) is 6.96. The second kappa shape index (κ2) is 5.85. The summed E-state index contributed by atoms with van der Waals surface area (Å²) < 4.78 is 0. The van der Waals surface area contributed by atoms with Crippen LogP contribution in [0.2, 0.25) is 0 Å². The lowest BCUT2D eigenvalue weighted by Crippen LogP contribution is -2.36. The quantitative estimate of drug-likeness (QED) is 0.911. The summed E-state index contributed by atoms with van der Waals surface area (Å²) in [6.45, 7) is 8.86. The van der Waals surface area contributed by atoms with Crippen LogP contribution in [0.1, 0.15) is 41.7 Å². The number of nitrogens with two attached hydrogens (primary N) is 1. The molecule has 0 atom stereocenters. The molecule has 2 aromatic heterocycles. The lowest BCUT2D eigenvalue weighted by atomic mass is 10.0. The Morgan fingerprint density at radius 1 is 1.55 bits per heavy atom. The molecule has 0 saturated carbocycles. The molecular weight excluding hydrogens is 296 g/mol. The minimum Gasteiger partial charge on any atom is -0.397 e. The first-order valence-corrected chi connectivity index (χ1v) is 8.56. The zero-order valence-corrected chi connectivity index (χ0v) is 14.1. The molecule has 22 heavy (non-hydrogen) atoms. The molecule has 2 aromatic rings. The number of rotatable bonds is 3. The number of nitrogens with zero attached hydrogens (tertiary/aromatic N) is 2. The summed E-state index contributed by atoms with van der Waals surface area (Å²) in [7, 11) is 0. The van der Waals surface area contributed by atoms with Crippen LogP contribution in [0.15, 0.2) is 6.07 Å². The molecule has 6 heteroatoms. The zero-order valence-electron chi connectivity index (χ0n) is 13.3. The van der Waals surface area contributed by atoms with Crippen LogP contribution in [-0.4, -0.2) is 34.9 Å². The summed E-state index contributed by atoms with van der Waals surface area (Å²) >= 11 is 1.39. The molecule has 0 saturated heterocycles. The largest absolute Gasteiger partial charge is 0.397 e. The van der Waals surface area contributed by atoms with Gasteiger partial charge in [-0.15, -0.1) is 11.3 Å². The predicted molar refractivity (Wildman–Crippen MR) is 91.3 cm³/mol. The Hall–Kier alpha value is -1.66. The number of amides is 1. The fourth-order valence-electron chi connectivity index (χ4n) is 2.87. The van der Waals surface area contributed by atoms with Gasteiger partial charge in [0.1, 0.15) is 9.71 Å². The molecule has 0 unspecified atom stereocenters. The van der Waals surface area contributed by atoms with E-state index in [-0.39, 0.29) is 5.91 Å². The fourth-order valence-corrected chi connectivity index (χ4v) is 3.88. The highest BCUT2D eigenvalue weighted by Gasteiger charge is 2.23. The zero-order chi connectivity index (χ0) is 15.9. The van der Waals surface area contributed by atoms with E-state index in [1.807, 2.05) is 6.92 Å². The molecule has 0 spiro atoms. The van der Waals surface area contributed by atoms with Gasteiger partial charge in [-0.05, 0) is 32.4 Å². The van der Waals surface area contributed by atoms with Crippen molar-refractivity contribution < 1.29 is 4.79 Å². The first-order chi connectivity index (χ1) is 10.5. The van der Waals surface area contributed by atoms with E-state index in [0.29, 0.717) is 23.2 Å². The van der Waals surface area contributed by atoms with Crippen LogP contribution >= 0.6 is 11.3 Å². The SMILES string of the molecule is CCNC(=O)c1sc2nc3c(cc2c1N)CN(C(C)C)CC3. The molecule has 0 aliphatic carbocycles. The van der Waals surface area contributed by atoms with Crippen LogP contribution in [0.3, 0.4) is 0 Å². The Morgan fingerprint density at radius 2 is 2.32 bits per heavy atom. The van der Waals surface area contributed by atoms with Crippen molar-refractivity contribution in [2.24, 2.45) is 0 Å². The van der Waals surface area contributed by atoms with E-state index in [1.165, 1.54) is 16.9 Å². The number of fused-ring (bicyclic) bond motifs is 2. The maximum absolute atomic E-state index is 12.1. The van der Waals surface area contributed by atoms with Crippen molar-refractivity contribution in [1.29, 1.82) is 0 Å². The van der Waals surface area contributed by atoms with Gasteiger partial charge in [-0.3, -0.25) is 9.69 Å². The third-order valence-electron chi connectivity index (χ3n) is 4.17. The van der Waals surface area contributed by atoms with Gasteiger partial charge in [0.25, 0.3) is 5.91 Å². The van der Waals surface area contributed by atoms with Crippen molar-refractivity contribution in [3.63, 3.8) is 0 Å². The first-order valence-electron chi connectivity index (χ1n) is 7.74. The monoisotopic (exact) mass is 318 g/mol. The fraction of sp³-hybridized carbons (Fsp3) is 0.500. The van der Waals surface area contributed by atoms with Gasteiger partial charge in [-0.25, -0.2) is 4.98 Å². The van der Waals surface area contributed by atoms with E-state index >= 15 is 0 Å². The third-order valence-corrected chi connectivity index (χ3v) is 5.29. The number of carbonyl (C=O) groups is 1. The smallest absolute Gasteiger partial charge is 0.263 e. The van der Waals surface area contributed by atoms with Crippen molar-refractivity contribution in [2.45, 2.75) is 39.8 Å². The number of carbonyl (C=O) groups excluding carboxylic acids is 1.